The lowest BCUT2D eigenvalue weighted by molar-refractivity contribution is 0.411. The van der Waals surface area contributed by atoms with Gasteiger partial charge >= 0.3 is 0 Å². The number of nitrogens with one attached hydrogen (secondary N) is 1. The third-order valence-corrected chi connectivity index (χ3v) is 3.06. The van der Waals surface area contributed by atoms with E-state index >= 15 is 0 Å². The molecular formula is C16H18FNO. The zero-order valence-corrected chi connectivity index (χ0v) is 11.2. The van der Waals surface area contributed by atoms with Crippen LogP contribution in [0.1, 0.15) is 16.7 Å². The van der Waals surface area contributed by atoms with Gasteiger partial charge in [0, 0.05) is 18.7 Å². The van der Waals surface area contributed by atoms with Gasteiger partial charge in [0.2, 0.25) is 0 Å². The van der Waals surface area contributed by atoms with E-state index in [1.165, 1.54) is 6.07 Å². The van der Waals surface area contributed by atoms with Crippen molar-refractivity contribution in [3.05, 3.63) is 65.0 Å². The smallest absolute Gasteiger partial charge is 0.127 e. The van der Waals surface area contributed by atoms with Crippen LogP contribution in [0.25, 0.3) is 0 Å². The lowest BCUT2D eigenvalue weighted by Gasteiger charge is -2.09. The number of aryl methyl sites for hydroxylation is 1. The first kappa shape index (κ1) is 13.6. The fraction of sp³-hybridized carbons (Fsp3) is 0.250. The molecule has 2 nitrogen and oxygen atoms in total. The second-order valence-electron chi connectivity index (χ2n) is 4.50. The minimum Gasteiger partial charge on any atom is -0.496 e. The SMILES string of the molecule is COc1ccc(CNCc2ccccc2F)cc1C. The normalized spacial score (nSPS) is 10.5. The zero-order valence-electron chi connectivity index (χ0n) is 11.2. The van der Waals surface area contributed by atoms with Crippen LogP contribution in [0, 0.1) is 12.7 Å². The molecule has 0 bridgehead atoms. The lowest BCUT2D eigenvalue weighted by atomic mass is 10.1. The average molecular weight is 259 g/mol. The molecule has 1 N–H and O–H groups in total. The van der Waals surface area contributed by atoms with Crippen molar-refractivity contribution >= 4 is 0 Å². The van der Waals surface area contributed by atoms with E-state index < -0.39 is 0 Å². The highest BCUT2D eigenvalue weighted by Crippen LogP contribution is 2.18. The molecule has 0 atom stereocenters. The first-order chi connectivity index (χ1) is 9.20. The summed E-state index contributed by atoms with van der Waals surface area (Å²) in [6.45, 7) is 3.25. The average Bonchev–Trinajstić information content (AvgIpc) is 2.41. The summed E-state index contributed by atoms with van der Waals surface area (Å²) in [6.07, 6.45) is 0. The Balaban J connectivity index is 1.93. The molecule has 0 spiro atoms. The van der Waals surface area contributed by atoms with Gasteiger partial charge in [-0.2, -0.15) is 0 Å². The highest BCUT2D eigenvalue weighted by Gasteiger charge is 2.02. The molecule has 0 fully saturated rings. The van der Waals surface area contributed by atoms with Gasteiger partial charge in [0.25, 0.3) is 0 Å². The molecule has 0 aromatic heterocycles. The number of rotatable bonds is 5. The number of methoxy groups -OCH3 is 1. The fourth-order valence-electron chi connectivity index (χ4n) is 2.03. The Hall–Kier alpha value is -1.87. The predicted octanol–water partition coefficient (Wildman–Crippen LogP) is 3.43. The monoisotopic (exact) mass is 259 g/mol. The lowest BCUT2D eigenvalue weighted by Crippen LogP contribution is -2.13. The molecule has 0 saturated carbocycles. The molecule has 2 aromatic carbocycles. The minimum atomic E-state index is -0.166. The molecule has 0 heterocycles. The fourth-order valence-corrected chi connectivity index (χ4v) is 2.03. The van der Waals surface area contributed by atoms with Gasteiger partial charge < -0.3 is 10.1 Å². The van der Waals surface area contributed by atoms with Crippen LogP contribution in [0.3, 0.4) is 0 Å². The molecule has 100 valence electrons. The first-order valence-electron chi connectivity index (χ1n) is 6.28. The van der Waals surface area contributed by atoms with Crippen molar-refractivity contribution in [3.63, 3.8) is 0 Å². The van der Waals surface area contributed by atoms with Crippen molar-refractivity contribution in [2.45, 2.75) is 20.0 Å². The van der Waals surface area contributed by atoms with Gasteiger partial charge in [-0.25, -0.2) is 4.39 Å². The third-order valence-electron chi connectivity index (χ3n) is 3.06. The minimum absolute atomic E-state index is 0.166. The molecule has 0 aliphatic carbocycles. The molecule has 0 saturated heterocycles. The van der Waals surface area contributed by atoms with E-state index in [1.54, 1.807) is 19.2 Å². The summed E-state index contributed by atoms with van der Waals surface area (Å²) in [4.78, 5) is 0. The van der Waals surface area contributed by atoms with Crippen molar-refractivity contribution < 1.29 is 9.13 Å². The van der Waals surface area contributed by atoms with E-state index in [0.717, 1.165) is 16.9 Å². The molecule has 2 aromatic rings. The summed E-state index contributed by atoms with van der Waals surface area (Å²) in [6, 6.07) is 12.9. The second-order valence-corrected chi connectivity index (χ2v) is 4.50. The van der Waals surface area contributed by atoms with Crippen LogP contribution in [-0.4, -0.2) is 7.11 Å². The maximum absolute atomic E-state index is 13.4. The number of hydrogen-bond acceptors (Lipinski definition) is 2. The molecule has 19 heavy (non-hydrogen) atoms. The zero-order chi connectivity index (χ0) is 13.7. The molecule has 0 aliphatic rings. The van der Waals surface area contributed by atoms with Crippen LogP contribution < -0.4 is 10.1 Å². The summed E-state index contributed by atoms with van der Waals surface area (Å²) in [5, 5.41) is 3.24. The summed E-state index contributed by atoms with van der Waals surface area (Å²) >= 11 is 0. The Morgan fingerprint density at radius 3 is 2.58 bits per heavy atom. The van der Waals surface area contributed by atoms with E-state index in [0.29, 0.717) is 18.7 Å². The van der Waals surface area contributed by atoms with Gasteiger partial charge in [-0.1, -0.05) is 30.3 Å². The standard InChI is InChI=1S/C16H18FNO/c1-12-9-13(7-8-16(12)19-2)10-18-11-14-5-3-4-6-15(14)17/h3-9,18H,10-11H2,1-2H3. The number of benzene rings is 2. The molecule has 3 heteroatoms. The van der Waals surface area contributed by atoms with Crippen LogP contribution in [0.15, 0.2) is 42.5 Å². The van der Waals surface area contributed by atoms with Crippen molar-refractivity contribution in [1.82, 2.24) is 5.32 Å². The maximum Gasteiger partial charge on any atom is 0.127 e. The van der Waals surface area contributed by atoms with E-state index in [2.05, 4.69) is 11.4 Å². The van der Waals surface area contributed by atoms with Crippen molar-refractivity contribution in [3.8, 4) is 5.75 Å². The molecule has 2 rings (SSSR count). The number of hydrogen-bond donors (Lipinski definition) is 1. The van der Waals surface area contributed by atoms with Crippen LogP contribution in [0.4, 0.5) is 4.39 Å². The number of ether oxygens (including phenoxy) is 1. The highest BCUT2D eigenvalue weighted by molar-refractivity contribution is 5.36. The van der Waals surface area contributed by atoms with Crippen molar-refractivity contribution in [1.29, 1.82) is 0 Å². The van der Waals surface area contributed by atoms with Gasteiger partial charge in [0.15, 0.2) is 0 Å². The Kier molecular flexibility index (Phi) is 4.53. The molecule has 0 unspecified atom stereocenters. The summed E-state index contributed by atoms with van der Waals surface area (Å²) < 4.78 is 18.6. The Labute approximate surface area is 113 Å². The van der Waals surface area contributed by atoms with Gasteiger partial charge in [-0.3, -0.25) is 0 Å². The summed E-state index contributed by atoms with van der Waals surface area (Å²) in [5.41, 5.74) is 2.95. The Bertz CT molecular complexity index is 554. The Morgan fingerprint density at radius 1 is 1.11 bits per heavy atom. The van der Waals surface area contributed by atoms with Crippen molar-refractivity contribution in [2.75, 3.05) is 7.11 Å². The van der Waals surface area contributed by atoms with Crippen LogP contribution in [-0.2, 0) is 13.1 Å². The maximum atomic E-state index is 13.4. The highest BCUT2D eigenvalue weighted by atomic mass is 19.1. The quantitative estimate of drug-likeness (QED) is 0.888. The molecular weight excluding hydrogens is 241 g/mol. The van der Waals surface area contributed by atoms with E-state index in [9.17, 15) is 4.39 Å². The predicted molar refractivity (Wildman–Crippen MR) is 74.7 cm³/mol. The van der Waals surface area contributed by atoms with Gasteiger partial charge in [-0.05, 0) is 30.2 Å². The third kappa shape index (κ3) is 3.55. The van der Waals surface area contributed by atoms with Crippen LogP contribution in [0.5, 0.6) is 5.75 Å². The Morgan fingerprint density at radius 2 is 1.89 bits per heavy atom. The molecule has 0 amide bonds. The van der Waals surface area contributed by atoms with Gasteiger partial charge in [0.05, 0.1) is 7.11 Å². The molecule has 0 aliphatic heterocycles. The largest absolute Gasteiger partial charge is 0.496 e. The topological polar surface area (TPSA) is 21.3 Å². The summed E-state index contributed by atoms with van der Waals surface area (Å²) in [7, 11) is 1.67. The van der Waals surface area contributed by atoms with Crippen LogP contribution in [0.2, 0.25) is 0 Å². The van der Waals surface area contributed by atoms with E-state index in [1.807, 2.05) is 25.1 Å². The first-order valence-corrected chi connectivity index (χ1v) is 6.28. The van der Waals surface area contributed by atoms with E-state index in [-0.39, 0.29) is 5.82 Å². The molecule has 0 radical (unpaired) electrons. The second kappa shape index (κ2) is 6.34. The van der Waals surface area contributed by atoms with Gasteiger partial charge in [0.1, 0.15) is 11.6 Å². The van der Waals surface area contributed by atoms with Crippen molar-refractivity contribution in [2.24, 2.45) is 0 Å². The van der Waals surface area contributed by atoms with Crippen LogP contribution >= 0.6 is 0 Å². The number of halogens is 1. The summed E-state index contributed by atoms with van der Waals surface area (Å²) in [5.74, 6) is 0.721. The van der Waals surface area contributed by atoms with Gasteiger partial charge in [-0.15, -0.1) is 0 Å². The van der Waals surface area contributed by atoms with E-state index in [4.69, 9.17) is 4.74 Å².